The lowest BCUT2D eigenvalue weighted by Crippen LogP contribution is -2.16. The summed E-state index contributed by atoms with van der Waals surface area (Å²) in [7, 11) is 0. The number of nitrogens with zero attached hydrogens (tertiary/aromatic N) is 2. The summed E-state index contributed by atoms with van der Waals surface area (Å²) < 4.78 is 4.87. The van der Waals surface area contributed by atoms with Crippen LogP contribution < -0.4 is 0 Å². The van der Waals surface area contributed by atoms with Gasteiger partial charge in [0.15, 0.2) is 0 Å². The van der Waals surface area contributed by atoms with Crippen LogP contribution in [0.1, 0.15) is 13.8 Å². The number of thioether (sulfide) groups is 1. The third-order valence-electron chi connectivity index (χ3n) is 1.46. The van der Waals surface area contributed by atoms with Gasteiger partial charge in [0, 0.05) is 12.4 Å². The van der Waals surface area contributed by atoms with E-state index in [4.69, 9.17) is 4.74 Å². The summed E-state index contributed by atoms with van der Waals surface area (Å²) in [6.07, 6.45) is 4.82. The summed E-state index contributed by atoms with van der Waals surface area (Å²) in [6.45, 7) is 3.99. The van der Waals surface area contributed by atoms with E-state index < -0.39 is 0 Å². The molecule has 0 amide bonds. The molecule has 0 bridgehead atoms. The van der Waals surface area contributed by atoms with Crippen molar-refractivity contribution in [2.45, 2.75) is 24.1 Å². The predicted octanol–water partition coefficient (Wildman–Crippen LogP) is 1.52. The summed E-state index contributed by atoms with van der Waals surface area (Å²) in [5.74, 6) is -0.219. The second kappa shape index (κ2) is 5.59. The van der Waals surface area contributed by atoms with E-state index in [1.165, 1.54) is 11.8 Å². The Morgan fingerprint density at radius 3 is 3.00 bits per heavy atom. The smallest absolute Gasteiger partial charge is 0.319 e. The van der Waals surface area contributed by atoms with Crippen LogP contribution in [0.25, 0.3) is 0 Å². The molecule has 0 fully saturated rings. The second-order valence-corrected chi connectivity index (χ2v) is 3.92. The first-order valence-electron chi connectivity index (χ1n) is 4.33. The number of esters is 1. The monoisotopic (exact) mass is 212 g/mol. The Balaban J connectivity index is 2.49. The maximum Gasteiger partial charge on any atom is 0.319 e. The molecule has 1 atom stereocenters. The zero-order valence-electron chi connectivity index (χ0n) is 8.14. The molecule has 1 rings (SSSR count). The van der Waals surface area contributed by atoms with Crippen LogP contribution in [-0.2, 0) is 9.53 Å². The van der Waals surface area contributed by atoms with Crippen molar-refractivity contribution in [1.82, 2.24) is 9.97 Å². The average molecular weight is 212 g/mol. The number of rotatable bonds is 4. The highest BCUT2D eigenvalue weighted by Gasteiger charge is 2.15. The molecule has 0 saturated heterocycles. The van der Waals surface area contributed by atoms with Crippen molar-refractivity contribution in [3.8, 4) is 0 Å². The van der Waals surface area contributed by atoms with Crippen LogP contribution in [0.5, 0.6) is 0 Å². The predicted molar refractivity (Wildman–Crippen MR) is 54.0 cm³/mol. The molecule has 1 aromatic heterocycles. The topological polar surface area (TPSA) is 52.1 Å². The quantitative estimate of drug-likeness (QED) is 0.559. The molecule has 0 N–H and O–H groups in total. The van der Waals surface area contributed by atoms with E-state index in [-0.39, 0.29) is 11.2 Å². The Labute approximate surface area is 87.1 Å². The van der Waals surface area contributed by atoms with Gasteiger partial charge >= 0.3 is 5.97 Å². The molecule has 4 nitrogen and oxygen atoms in total. The van der Waals surface area contributed by atoms with Gasteiger partial charge in [-0.05, 0) is 13.8 Å². The Bertz CT molecular complexity index is 292. The van der Waals surface area contributed by atoms with Crippen LogP contribution in [0.4, 0.5) is 0 Å². The van der Waals surface area contributed by atoms with Crippen molar-refractivity contribution >= 4 is 17.7 Å². The van der Waals surface area contributed by atoms with Crippen molar-refractivity contribution < 1.29 is 9.53 Å². The molecule has 5 heteroatoms. The standard InChI is InChI=1S/C9H12N2O2S/c1-3-13-9(12)7(2)14-8-6-10-4-5-11-8/h4-7H,3H2,1-2H3/t7-/m1/s1. The molecule has 1 aromatic rings. The second-order valence-electron chi connectivity index (χ2n) is 2.56. The van der Waals surface area contributed by atoms with Gasteiger partial charge in [-0.25, -0.2) is 4.98 Å². The summed E-state index contributed by atoms with van der Waals surface area (Å²) in [5.41, 5.74) is 0. The molecule has 0 aliphatic heterocycles. The van der Waals surface area contributed by atoms with E-state index in [1.54, 1.807) is 32.4 Å². The van der Waals surface area contributed by atoms with Gasteiger partial charge in [0.1, 0.15) is 10.3 Å². The first-order chi connectivity index (χ1) is 6.74. The SMILES string of the molecule is CCOC(=O)[C@@H](C)Sc1cnccn1. The third-order valence-corrected chi connectivity index (χ3v) is 2.45. The molecule has 0 unspecified atom stereocenters. The Morgan fingerprint density at radius 2 is 2.43 bits per heavy atom. The van der Waals surface area contributed by atoms with Crippen molar-refractivity contribution in [2.24, 2.45) is 0 Å². The largest absolute Gasteiger partial charge is 0.465 e. The summed E-state index contributed by atoms with van der Waals surface area (Å²) in [6, 6.07) is 0. The molecule has 0 radical (unpaired) electrons. The van der Waals surface area contributed by atoms with Gasteiger partial charge in [0.25, 0.3) is 0 Å². The molecule has 0 spiro atoms. The van der Waals surface area contributed by atoms with E-state index in [0.29, 0.717) is 6.61 Å². The van der Waals surface area contributed by atoms with Gasteiger partial charge in [-0.3, -0.25) is 9.78 Å². The molecule has 0 aliphatic rings. The van der Waals surface area contributed by atoms with Gasteiger partial charge in [-0.15, -0.1) is 0 Å². The summed E-state index contributed by atoms with van der Waals surface area (Å²) >= 11 is 1.34. The Kier molecular flexibility index (Phi) is 4.39. The van der Waals surface area contributed by atoms with E-state index in [2.05, 4.69) is 9.97 Å². The van der Waals surface area contributed by atoms with Crippen LogP contribution in [0.15, 0.2) is 23.6 Å². The fourth-order valence-electron chi connectivity index (χ4n) is 0.835. The maximum atomic E-state index is 11.3. The van der Waals surface area contributed by atoms with E-state index in [1.807, 2.05) is 0 Å². The Hall–Kier alpha value is -1.10. The van der Waals surface area contributed by atoms with Crippen molar-refractivity contribution in [1.29, 1.82) is 0 Å². The van der Waals surface area contributed by atoms with Gasteiger partial charge in [-0.2, -0.15) is 0 Å². The number of hydrogen-bond donors (Lipinski definition) is 0. The fraction of sp³-hybridized carbons (Fsp3) is 0.444. The lowest BCUT2D eigenvalue weighted by molar-refractivity contribution is -0.142. The fourth-order valence-corrected chi connectivity index (χ4v) is 1.61. The lowest BCUT2D eigenvalue weighted by atomic mass is 10.5. The molecule has 0 saturated carbocycles. The van der Waals surface area contributed by atoms with Gasteiger partial charge < -0.3 is 4.74 Å². The zero-order valence-corrected chi connectivity index (χ0v) is 8.95. The Morgan fingerprint density at radius 1 is 1.64 bits per heavy atom. The van der Waals surface area contributed by atoms with E-state index in [0.717, 1.165) is 5.03 Å². The van der Waals surface area contributed by atoms with Crippen LogP contribution in [0.3, 0.4) is 0 Å². The molecule has 0 aromatic carbocycles. The maximum absolute atomic E-state index is 11.3. The highest BCUT2D eigenvalue weighted by molar-refractivity contribution is 8.00. The zero-order chi connectivity index (χ0) is 10.4. The van der Waals surface area contributed by atoms with E-state index >= 15 is 0 Å². The highest BCUT2D eigenvalue weighted by Crippen LogP contribution is 2.20. The third kappa shape index (κ3) is 3.33. The molecular formula is C9H12N2O2S. The highest BCUT2D eigenvalue weighted by atomic mass is 32.2. The number of carbonyl (C=O) groups is 1. The van der Waals surface area contributed by atoms with Gasteiger partial charge in [-0.1, -0.05) is 11.8 Å². The molecule has 1 heterocycles. The number of carbonyl (C=O) groups excluding carboxylic acids is 1. The van der Waals surface area contributed by atoms with Gasteiger partial charge in [0.2, 0.25) is 0 Å². The minimum Gasteiger partial charge on any atom is -0.465 e. The summed E-state index contributed by atoms with van der Waals surface area (Å²) in [5, 5.41) is 0.486. The minimum atomic E-state index is -0.244. The first kappa shape index (κ1) is 11.0. The molecular weight excluding hydrogens is 200 g/mol. The average Bonchev–Trinajstić information content (AvgIpc) is 2.19. The minimum absolute atomic E-state index is 0.219. The number of hydrogen-bond acceptors (Lipinski definition) is 5. The van der Waals surface area contributed by atoms with Crippen molar-refractivity contribution in [2.75, 3.05) is 6.61 Å². The molecule has 76 valence electrons. The van der Waals surface area contributed by atoms with Crippen LogP contribution in [0.2, 0.25) is 0 Å². The normalized spacial score (nSPS) is 12.1. The molecule has 14 heavy (non-hydrogen) atoms. The van der Waals surface area contributed by atoms with Crippen molar-refractivity contribution in [3.63, 3.8) is 0 Å². The van der Waals surface area contributed by atoms with Crippen LogP contribution in [0, 0.1) is 0 Å². The van der Waals surface area contributed by atoms with Crippen molar-refractivity contribution in [3.05, 3.63) is 18.6 Å². The lowest BCUT2D eigenvalue weighted by Gasteiger charge is -2.08. The number of ether oxygens (including phenoxy) is 1. The van der Waals surface area contributed by atoms with Crippen LogP contribution in [-0.4, -0.2) is 27.8 Å². The molecule has 0 aliphatic carbocycles. The van der Waals surface area contributed by atoms with Crippen LogP contribution >= 0.6 is 11.8 Å². The summed E-state index contributed by atoms with van der Waals surface area (Å²) in [4.78, 5) is 19.2. The number of aromatic nitrogens is 2. The first-order valence-corrected chi connectivity index (χ1v) is 5.21. The van der Waals surface area contributed by atoms with E-state index in [9.17, 15) is 4.79 Å². The van der Waals surface area contributed by atoms with Gasteiger partial charge in [0.05, 0.1) is 12.8 Å².